The largest absolute Gasteiger partial charge is 0.412 e. The molecule has 0 atom stereocenters. The van der Waals surface area contributed by atoms with Gasteiger partial charge in [-0.15, -0.1) is 0 Å². The second kappa shape index (κ2) is 6.19. The Morgan fingerprint density at radius 2 is 1.43 bits per heavy atom. The molecule has 1 aliphatic heterocycles. The van der Waals surface area contributed by atoms with Gasteiger partial charge in [0.1, 0.15) is 0 Å². The van der Waals surface area contributed by atoms with E-state index in [0.717, 1.165) is 25.5 Å². The fourth-order valence-corrected chi connectivity index (χ4v) is 0.510. The zero-order chi connectivity index (χ0) is 3.54. The van der Waals surface area contributed by atoms with Crippen LogP contribution in [-0.4, -0.2) is 24.2 Å². The lowest BCUT2D eigenvalue weighted by atomic mass is 10.8. The van der Waals surface area contributed by atoms with E-state index in [2.05, 4.69) is 8.37 Å². The van der Waals surface area contributed by atoms with E-state index in [1.807, 2.05) is 0 Å². The minimum Gasteiger partial charge on any atom is -0.412 e. The van der Waals surface area contributed by atoms with Gasteiger partial charge in [-0.05, 0) is 0 Å². The van der Waals surface area contributed by atoms with Crippen molar-refractivity contribution >= 4 is 12.3 Å². The maximum atomic E-state index is 4.64. The second-order valence-electron chi connectivity index (χ2n) is 0.712. The van der Waals surface area contributed by atoms with Crippen molar-refractivity contribution in [1.29, 1.82) is 0 Å². The lowest BCUT2D eigenvalue weighted by Gasteiger charge is -1.71. The molecule has 0 aromatic rings. The Morgan fingerprint density at radius 1 is 1.00 bits per heavy atom. The fraction of sp³-hybridized carbons (Fsp3) is 1.00. The highest BCUT2D eigenvalue weighted by atomic mass is 32.2. The van der Waals surface area contributed by atoms with Gasteiger partial charge in [0.2, 0.25) is 0 Å². The molecule has 1 fully saturated rings. The first kappa shape index (κ1) is 10.2. The maximum absolute atomic E-state index is 4.64. The molecule has 46 valence electrons. The molecule has 1 heterocycles. The van der Waals surface area contributed by atoms with Crippen LogP contribution in [0.4, 0.5) is 0 Å². The summed E-state index contributed by atoms with van der Waals surface area (Å²) < 4.78 is 9.28. The predicted octanol–water partition coefficient (Wildman–Crippen LogP) is -1.05. The van der Waals surface area contributed by atoms with E-state index in [9.17, 15) is 0 Å². The molecule has 0 saturated carbocycles. The van der Waals surface area contributed by atoms with E-state index in [1.165, 1.54) is 0 Å². The summed E-state index contributed by atoms with van der Waals surface area (Å²) >= 11 is 1.07. The van der Waals surface area contributed by atoms with Crippen molar-refractivity contribution in [2.24, 2.45) is 0 Å². The fourth-order valence-electron chi connectivity index (χ4n) is 0.170. The Hall–Kier alpha value is 0.190. The van der Waals surface area contributed by atoms with Crippen LogP contribution in [0.1, 0.15) is 0 Å². The van der Waals surface area contributed by atoms with Gasteiger partial charge in [-0.1, -0.05) is 0 Å². The molecule has 0 spiro atoms. The Kier molecular flexibility index (Phi) is 9.04. The van der Waals surface area contributed by atoms with E-state index in [-0.39, 0.29) is 11.0 Å². The van der Waals surface area contributed by atoms with Crippen LogP contribution >= 0.6 is 12.3 Å². The van der Waals surface area contributed by atoms with Gasteiger partial charge in [-0.25, -0.2) is 0 Å². The number of hydrogen-bond donors (Lipinski definition) is 0. The van der Waals surface area contributed by atoms with E-state index in [0.29, 0.717) is 0 Å². The summed E-state index contributed by atoms with van der Waals surface area (Å²) in [5, 5.41) is 0. The predicted molar refractivity (Wildman–Crippen MR) is 26.7 cm³/mol. The smallest absolute Gasteiger partial charge is 0.158 e. The van der Waals surface area contributed by atoms with Crippen molar-refractivity contribution in [3.63, 3.8) is 0 Å². The van der Waals surface area contributed by atoms with Crippen molar-refractivity contribution in [1.82, 2.24) is 0 Å². The highest BCUT2D eigenvalue weighted by Gasteiger charge is 1.96. The average molecular weight is 128 g/mol. The molecule has 0 aromatic heterocycles. The van der Waals surface area contributed by atoms with Gasteiger partial charge in [0.15, 0.2) is 12.3 Å². The van der Waals surface area contributed by atoms with Crippen LogP contribution < -0.4 is 0 Å². The highest BCUT2D eigenvalue weighted by molar-refractivity contribution is 7.90. The molecule has 5 heteroatoms. The zero-order valence-electron chi connectivity index (χ0n) is 3.64. The minimum atomic E-state index is 0. The van der Waals surface area contributed by atoms with Gasteiger partial charge >= 0.3 is 0 Å². The Morgan fingerprint density at radius 3 is 1.57 bits per heavy atom. The first-order valence-electron chi connectivity index (χ1n) is 1.41. The lowest BCUT2D eigenvalue weighted by Crippen LogP contribution is -1.79. The van der Waals surface area contributed by atoms with Crippen molar-refractivity contribution in [3.8, 4) is 0 Å². The van der Waals surface area contributed by atoms with Crippen LogP contribution in [0.15, 0.2) is 0 Å². The van der Waals surface area contributed by atoms with Crippen LogP contribution in [0.25, 0.3) is 0 Å². The van der Waals surface area contributed by atoms with E-state index >= 15 is 0 Å². The van der Waals surface area contributed by atoms with Crippen molar-refractivity contribution < 1.29 is 19.3 Å². The van der Waals surface area contributed by atoms with E-state index in [4.69, 9.17) is 0 Å². The van der Waals surface area contributed by atoms with Crippen molar-refractivity contribution in [2.75, 3.05) is 13.2 Å². The summed E-state index contributed by atoms with van der Waals surface area (Å²) in [6, 6.07) is 0. The first-order valence-corrected chi connectivity index (χ1v) is 2.08. The maximum Gasteiger partial charge on any atom is 0.158 e. The molecule has 7 heavy (non-hydrogen) atoms. The summed E-state index contributed by atoms with van der Waals surface area (Å²) in [6.45, 7) is 1.48. The van der Waals surface area contributed by atoms with Crippen LogP contribution in [0.3, 0.4) is 0 Å². The molecule has 0 radical (unpaired) electrons. The summed E-state index contributed by atoms with van der Waals surface area (Å²) in [4.78, 5) is 0. The van der Waals surface area contributed by atoms with Crippen LogP contribution in [0.2, 0.25) is 0 Å². The van der Waals surface area contributed by atoms with Crippen LogP contribution in [-0.2, 0) is 8.37 Å². The molecule has 0 aliphatic carbocycles. The first-order chi connectivity index (χ1) is 2.50. The summed E-state index contributed by atoms with van der Waals surface area (Å²) in [5.74, 6) is 0. The molecule has 0 aromatic carbocycles. The van der Waals surface area contributed by atoms with Crippen molar-refractivity contribution in [2.45, 2.75) is 0 Å². The van der Waals surface area contributed by atoms with E-state index in [1.54, 1.807) is 0 Å². The monoisotopic (exact) mass is 128 g/mol. The molecule has 4 N–H and O–H groups in total. The zero-order valence-corrected chi connectivity index (χ0v) is 4.46. The Labute approximate surface area is 45.8 Å². The summed E-state index contributed by atoms with van der Waals surface area (Å²) in [5.41, 5.74) is 0. The van der Waals surface area contributed by atoms with Gasteiger partial charge in [-0.3, -0.25) is 8.37 Å². The van der Waals surface area contributed by atoms with Gasteiger partial charge in [0, 0.05) is 0 Å². The third-order valence-corrected chi connectivity index (χ3v) is 0.872. The van der Waals surface area contributed by atoms with Gasteiger partial charge in [0.25, 0.3) is 0 Å². The topological polar surface area (TPSA) is 81.5 Å². The standard InChI is InChI=1S/C2H4O2S.2H2O/c1-2-4-5-3-1;;/h1-2H2;2*1H2. The average Bonchev–Trinajstić information content (AvgIpc) is 1.76. The third-order valence-electron chi connectivity index (χ3n) is 0.346. The Bertz CT molecular complexity index is 21.3. The minimum absolute atomic E-state index is 0. The molecule has 1 aliphatic rings. The van der Waals surface area contributed by atoms with Gasteiger partial charge in [0.05, 0.1) is 13.2 Å². The molecule has 1 rings (SSSR count). The highest BCUT2D eigenvalue weighted by Crippen LogP contribution is 2.09. The summed E-state index contributed by atoms with van der Waals surface area (Å²) in [6.07, 6.45) is 0. The normalized spacial score (nSPS) is 17.1. The van der Waals surface area contributed by atoms with Gasteiger partial charge < -0.3 is 11.0 Å². The molecule has 0 bridgehead atoms. The SMILES string of the molecule is C1COSO1.O.O. The molecular weight excluding hydrogens is 120 g/mol. The molecular formula is C2H8O4S. The molecule has 0 unspecified atom stereocenters. The molecule has 1 saturated heterocycles. The Balaban J connectivity index is 0. The van der Waals surface area contributed by atoms with E-state index < -0.39 is 0 Å². The van der Waals surface area contributed by atoms with Crippen LogP contribution in [0, 0.1) is 0 Å². The number of rotatable bonds is 0. The number of hydrogen-bond acceptors (Lipinski definition) is 3. The molecule has 0 amide bonds. The quantitative estimate of drug-likeness (QED) is 0.390. The van der Waals surface area contributed by atoms with Gasteiger partial charge in [-0.2, -0.15) is 0 Å². The van der Waals surface area contributed by atoms with Crippen LogP contribution in [0.5, 0.6) is 0 Å². The molecule has 4 nitrogen and oxygen atoms in total. The summed E-state index contributed by atoms with van der Waals surface area (Å²) in [7, 11) is 0. The third kappa shape index (κ3) is 4.03. The second-order valence-corrected chi connectivity index (χ2v) is 1.32. The van der Waals surface area contributed by atoms with Crippen molar-refractivity contribution in [3.05, 3.63) is 0 Å². The lowest BCUT2D eigenvalue weighted by molar-refractivity contribution is 0.365.